The van der Waals surface area contributed by atoms with Crippen molar-refractivity contribution in [2.24, 2.45) is 5.92 Å². The first kappa shape index (κ1) is 14.0. The third-order valence-corrected chi connectivity index (χ3v) is 4.17. The molecular formula is C13H15BrN2O3. The summed E-state index contributed by atoms with van der Waals surface area (Å²) in [6.45, 7) is 2.36. The van der Waals surface area contributed by atoms with Crippen LogP contribution in [0.25, 0.3) is 0 Å². The van der Waals surface area contributed by atoms with Gasteiger partial charge in [0.05, 0.1) is 5.92 Å². The first-order chi connectivity index (χ1) is 9.02. The Morgan fingerprint density at radius 1 is 1.53 bits per heavy atom. The van der Waals surface area contributed by atoms with Crippen molar-refractivity contribution < 1.29 is 14.7 Å². The number of likely N-dealkylation sites (tertiary alicyclic amines) is 1. The molecule has 2 rings (SSSR count). The number of rotatable bonds is 2. The van der Waals surface area contributed by atoms with Crippen molar-refractivity contribution in [2.45, 2.75) is 25.8 Å². The van der Waals surface area contributed by atoms with Gasteiger partial charge in [0.2, 0.25) is 0 Å². The van der Waals surface area contributed by atoms with E-state index in [2.05, 4.69) is 20.9 Å². The van der Waals surface area contributed by atoms with Gasteiger partial charge in [-0.1, -0.05) is 0 Å². The van der Waals surface area contributed by atoms with E-state index in [4.69, 9.17) is 0 Å². The van der Waals surface area contributed by atoms with Crippen molar-refractivity contribution in [2.75, 3.05) is 6.54 Å². The normalized spacial score (nSPS) is 23.2. The monoisotopic (exact) mass is 326 g/mol. The molecular weight excluding hydrogens is 312 g/mol. The van der Waals surface area contributed by atoms with E-state index in [0.29, 0.717) is 29.6 Å². The number of nitrogens with zero attached hydrogens (tertiary/aromatic N) is 2. The van der Waals surface area contributed by atoms with Crippen LogP contribution in [0.2, 0.25) is 0 Å². The van der Waals surface area contributed by atoms with Gasteiger partial charge in [0, 0.05) is 23.3 Å². The summed E-state index contributed by atoms with van der Waals surface area (Å²) < 4.78 is 0.629. The highest BCUT2D eigenvalue weighted by Gasteiger charge is 2.36. The van der Waals surface area contributed by atoms with E-state index in [1.807, 2.05) is 0 Å². The Morgan fingerprint density at radius 3 is 2.89 bits per heavy atom. The first-order valence-corrected chi connectivity index (χ1v) is 6.96. The molecule has 1 amide bonds. The summed E-state index contributed by atoms with van der Waals surface area (Å²) in [4.78, 5) is 29.3. The molecule has 2 heterocycles. The molecule has 0 aliphatic carbocycles. The fraction of sp³-hybridized carbons (Fsp3) is 0.462. The van der Waals surface area contributed by atoms with Gasteiger partial charge in [-0.3, -0.25) is 9.59 Å². The third kappa shape index (κ3) is 2.78. The number of carbonyl (C=O) groups excluding carboxylic acids is 1. The van der Waals surface area contributed by atoms with Crippen molar-refractivity contribution in [1.82, 2.24) is 9.88 Å². The second-order valence-electron chi connectivity index (χ2n) is 4.66. The van der Waals surface area contributed by atoms with Crippen molar-refractivity contribution in [3.8, 4) is 0 Å². The van der Waals surface area contributed by atoms with Gasteiger partial charge in [-0.05, 0) is 47.8 Å². The largest absolute Gasteiger partial charge is 0.481 e. The van der Waals surface area contributed by atoms with Gasteiger partial charge in [0.1, 0.15) is 5.69 Å². The van der Waals surface area contributed by atoms with E-state index in [-0.39, 0.29) is 11.9 Å². The number of aromatic nitrogens is 1. The predicted octanol–water partition coefficient (Wildman–Crippen LogP) is 2.17. The van der Waals surface area contributed by atoms with Crippen molar-refractivity contribution >= 4 is 27.8 Å². The summed E-state index contributed by atoms with van der Waals surface area (Å²) in [6, 6.07) is 3.18. The molecule has 0 saturated carbocycles. The minimum atomic E-state index is -0.843. The lowest BCUT2D eigenvalue weighted by molar-refractivity contribution is -0.144. The van der Waals surface area contributed by atoms with Gasteiger partial charge in [0.25, 0.3) is 5.91 Å². The average Bonchev–Trinajstić information content (AvgIpc) is 2.38. The summed E-state index contributed by atoms with van der Waals surface area (Å²) >= 11 is 3.30. The number of amides is 1. The molecule has 102 valence electrons. The van der Waals surface area contributed by atoms with E-state index in [0.717, 1.165) is 0 Å². The molecule has 0 aromatic carbocycles. The molecule has 1 aromatic heterocycles. The van der Waals surface area contributed by atoms with E-state index < -0.39 is 11.9 Å². The predicted molar refractivity (Wildman–Crippen MR) is 72.8 cm³/mol. The minimum Gasteiger partial charge on any atom is -0.481 e. The summed E-state index contributed by atoms with van der Waals surface area (Å²) in [5.74, 6) is -1.56. The van der Waals surface area contributed by atoms with Crippen LogP contribution in [0.15, 0.2) is 22.8 Å². The number of carboxylic acids is 1. The highest BCUT2D eigenvalue weighted by molar-refractivity contribution is 9.10. The van der Waals surface area contributed by atoms with E-state index >= 15 is 0 Å². The highest BCUT2D eigenvalue weighted by atomic mass is 79.9. The molecule has 6 heteroatoms. The molecule has 5 nitrogen and oxygen atoms in total. The van der Waals surface area contributed by atoms with Gasteiger partial charge >= 0.3 is 5.97 Å². The number of piperidine rings is 1. The van der Waals surface area contributed by atoms with Crippen LogP contribution in [-0.4, -0.2) is 39.5 Å². The number of carbonyl (C=O) groups is 2. The summed E-state index contributed by atoms with van der Waals surface area (Å²) in [5.41, 5.74) is 0.334. The van der Waals surface area contributed by atoms with Gasteiger partial charge < -0.3 is 10.0 Å². The molecule has 0 unspecified atom stereocenters. The maximum atomic E-state index is 12.4. The SMILES string of the molecule is C[C@@H]1[C@H](C(=O)O)CCCN1C(=O)c1ncccc1Br. The zero-order chi connectivity index (χ0) is 14.0. The smallest absolute Gasteiger partial charge is 0.308 e. The maximum absolute atomic E-state index is 12.4. The van der Waals surface area contributed by atoms with E-state index in [1.54, 1.807) is 30.2 Å². The number of carboxylic acid groups (broad SMARTS) is 1. The molecule has 19 heavy (non-hydrogen) atoms. The van der Waals surface area contributed by atoms with Crippen LogP contribution in [0.4, 0.5) is 0 Å². The minimum absolute atomic E-state index is 0.217. The molecule has 1 N–H and O–H groups in total. The van der Waals surface area contributed by atoms with Gasteiger partial charge in [0.15, 0.2) is 0 Å². The standard InChI is InChI=1S/C13H15BrN2O3/c1-8-9(13(18)19)4-3-7-16(8)12(17)11-10(14)5-2-6-15-11/h2,5-6,8-9H,3-4,7H2,1H3,(H,18,19)/t8-,9-/m1/s1. The fourth-order valence-corrected chi connectivity index (χ4v) is 2.86. The zero-order valence-corrected chi connectivity index (χ0v) is 12.1. The molecule has 1 aliphatic heterocycles. The van der Waals surface area contributed by atoms with Crippen LogP contribution in [0.1, 0.15) is 30.3 Å². The van der Waals surface area contributed by atoms with Crippen LogP contribution in [-0.2, 0) is 4.79 Å². The summed E-state index contributed by atoms with van der Waals surface area (Å²) in [5, 5.41) is 9.17. The Morgan fingerprint density at radius 2 is 2.26 bits per heavy atom. The Balaban J connectivity index is 2.24. The second kappa shape index (κ2) is 5.69. The maximum Gasteiger partial charge on any atom is 0.308 e. The van der Waals surface area contributed by atoms with Crippen LogP contribution in [0.3, 0.4) is 0 Å². The molecule has 0 spiro atoms. The molecule has 1 aliphatic rings. The third-order valence-electron chi connectivity index (χ3n) is 3.53. The molecule has 0 radical (unpaired) electrons. The first-order valence-electron chi connectivity index (χ1n) is 6.16. The summed E-state index contributed by atoms with van der Waals surface area (Å²) in [6.07, 6.45) is 2.88. The van der Waals surface area contributed by atoms with Crippen molar-refractivity contribution in [3.63, 3.8) is 0 Å². The Kier molecular flexibility index (Phi) is 4.19. The van der Waals surface area contributed by atoms with Gasteiger partial charge in [-0.15, -0.1) is 0 Å². The number of aliphatic carboxylic acids is 1. The summed E-state index contributed by atoms with van der Waals surface area (Å²) in [7, 11) is 0. The number of hydrogen-bond acceptors (Lipinski definition) is 3. The van der Waals surface area contributed by atoms with Crippen molar-refractivity contribution in [1.29, 1.82) is 0 Å². The Labute approximate surface area is 119 Å². The zero-order valence-electron chi connectivity index (χ0n) is 10.5. The van der Waals surface area contributed by atoms with Crippen molar-refractivity contribution in [3.05, 3.63) is 28.5 Å². The fourth-order valence-electron chi connectivity index (χ4n) is 2.44. The van der Waals surface area contributed by atoms with Gasteiger partial charge in [-0.2, -0.15) is 0 Å². The Bertz CT molecular complexity index is 506. The lowest BCUT2D eigenvalue weighted by Gasteiger charge is -2.37. The number of halogens is 1. The topological polar surface area (TPSA) is 70.5 Å². The Hall–Kier alpha value is -1.43. The van der Waals surface area contributed by atoms with Gasteiger partial charge in [-0.25, -0.2) is 4.98 Å². The molecule has 1 aromatic rings. The van der Waals surface area contributed by atoms with E-state index in [9.17, 15) is 14.7 Å². The lowest BCUT2D eigenvalue weighted by atomic mass is 9.90. The number of pyridine rings is 1. The van der Waals surface area contributed by atoms with Crippen LogP contribution in [0.5, 0.6) is 0 Å². The molecule has 2 atom stereocenters. The quantitative estimate of drug-likeness (QED) is 0.904. The molecule has 1 saturated heterocycles. The molecule has 0 bridgehead atoms. The lowest BCUT2D eigenvalue weighted by Crippen LogP contribution is -2.49. The average molecular weight is 327 g/mol. The number of hydrogen-bond donors (Lipinski definition) is 1. The van der Waals surface area contributed by atoms with E-state index in [1.165, 1.54) is 0 Å². The van der Waals surface area contributed by atoms with Crippen LogP contribution in [0, 0.1) is 5.92 Å². The van der Waals surface area contributed by atoms with Crippen LogP contribution >= 0.6 is 15.9 Å². The van der Waals surface area contributed by atoms with Crippen LogP contribution < -0.4 is 0 Å². The molecule has 1 fully saturated rings. The second-order valence-corrected chi connectivity index (χ2v) is 5.51. The highest BCUT2D eigenvalue weighted by Crippen LogP contribution is 2.26.